The van der Waals surface area contributed by atoms with Gasteiger partial charge in [-0.25, -0.2) is 0 Å². The second-order valence-corrected chi connectivity index (χ2v) is 4.85. The molecular formula is C11H21NO2. The molecule has 1 aliphatic rings. The highest BCUT2D eigenvalue weighted by Gasteiger charge is 2.32. The van der Waals surface area contributed by atoms with E-state index in [2.05, 4.69) is 19.2 Å². The first-order valence-electron chi connectivity index (χ1n) is 5.39. The van der Waals surface area contributed by atoms with Crippen molar-refractivity contribution in [2.75, 3.05) is 0 Å². The molecule has 82 valence electrons. The molecule has 0 amide bonds. The van der Waals surface area contributed by atoms with E-state index in [9.17, 15) is 9.90 Å². The van der Waals surface area contributed by atoms with Crippen molar-refractivity contribution in [3.8, 4) is 0 Å². The number of nitrogens with one attached hydrogen (secondary N) is 1. The number of aliphatic hydroxyl groups excluding tert-OH is 1. The van der Waals surface area contributed by atoms with Gasteiger partial charge in [-0.3, -0.25) is 10.1 Å². The molecule has 1 aliphatic carbocycles. The van der Waals surface area contributed by atoms with Gasteiger partial charge in [-0.15, -0.1) is 0 Å². The van der Waals surface area contributed by atoms with Gasteiger partial charge < -0.3 is 5.11 Å². The van der Waals surface area contributed by atoms with E-state index in [-0.39, 0.29) is 5.54 Å². The van der Waals surface area contributed by atoms with Gasteiger partial charge in [-0.1, -0.05) is 0 Å². The summed E-state index contributed by atoms with van der Waals surface area (Å²) >= 11 is 0. The van der Waals surface area contributed by atoms with Crippen molar-refractivity contribution in [1.82, 2.24) is 5.32 Å². The molecule has 2 N–H and O–H groups in total. The minimum absolute atomic E-state index is 0.0745. The highest BCUT2D eigenvalue weighted by atomic mass is 16.3. The Bertz CT molecular complexity index is 201. The molecule has 3 nitrogen and oxygen atoms in total. The lowest BCUT2D eigenvalue weighted by molar-refractivity contribution is -0.121. The van der Waals surface area contributed by atoms with Crippen molar-refractivity contribution in [1.29, 1.82) is 0 Å². The van der Waals surface area contributed by atoms with Crippen molar-refractivity contribution in [2.24, 2.45) is 5.92 Å². The zero-order valence-corrected chi connectivity index (χ0v) is 9.34. The molecule has 0 radical (unpaired) electrons. The van der Waals surface area contributed by atoms with Crippen LogP contribution in [0.2, 0.25) is 0 Å². The predicted octanol–water partition coefficient (Wildman–Crippen LogP) is 1.45. The van der Waals surface area contributed by atoms with Gasteiger partial charge in [0.1, 0.15) is 12.0 Å². The Morgan fingerprint density at radius 2 is 1.93 bits per heavy atom. The summed E-state index contributed by atoms with van der Waals surface area (Å²) in [6, 6.07) is 0. The fourth-order valence-electron chi connectivity index (χ4n) is 2.32. The maximum Gasteiger partial charge on any atom is 0.132 e. The minimum Gasteiger partial charge on any atom is -0.379 e. The standard InChI is InChI=1S/C11H21NO2/c1-8(13)12-11(2,3)9-4-6-10(14)7-5-9/h8-9,12-13H,4-7H2,1-3H3. The van der Waals surface area contributed by atoms with E-state index in [0.29, 0.717) is 24.5 Å². The fraction of sp³-hybridized carbons (Fsp3) is 0.909. The third-order valence-electron chi connectivity index (χ3n) is 3.14. The van der Waals surface area contributed by atoms with Crippen molar-refractivity contribution < 1.29 is 9.90 Å². The molecule has 0 aromatic heterocycles. The topological polar surface area (TPSA) is 49.3 Å². The lowest BCUT2D eigenvalue weighted by Crippen LogP contribution is -2.51. The normalized spacial score (nSPS) is 22.4. The van der Waals surface area contributed by atoms with Gasteiger partial charge in [0.05, 0.1) is 0 Å². The van der Waals surface area contributed by atoms with Gasteiger partial charge >= 0.3 is 0 Å². The monoisotopic (exact) mass is 199 g/mol. The number of Topliss-reactive ketones (excluding diaryl/α,β-unsaturated/α-hetero) is 1. The van der Waals surface area contributed by atoms with Crippen LogP contribution in [0.25, 0.3) is 0 Å². The molecule has 1 atom stereocenters. The molecule has 0 heterocycles. The molecule has 0 spiro atoms. The molecule has 1 fully saturated rings. The SMILES string of the molecule is CC(O)NC(C)(C)C1CCC(=O)CC1. The first-order valence-corrected chi connectivity index (χ1v) is 5.39. The summed E-state index contributed by atoms with van der Waals surface area (Å²) in [5.41, 5.74) is -0.0745. The van der Waals surface area contributed by atoms with E-state index in [1.807, 2.05) is 0 Å². The smallest absolute Gasteiger partial charge is 0.132 e. The van der Waals surface area contributed by atoms with Crippen LogP contribution in [0, 0.1) is 5.92 Å². The van der Waals surface area contributed by atoms with E-state index in [1.165, 1.54) is 0 Å². The van der Waals surface area contributed by atoms with E-state index in [4.69, 9.17) is 0 Å². The summed E-state index contributed by atoms with van der Waals surface area (Å²) in [5, 5.41) is 12.4. The number of hydrogen-bond acceptors (Lipinski definition) is 3. The summed E-state index contributed by atoms with van der Waals surface area (Å²) in [6.45, 7) is 5.93. The molecule has 3 heteroatoms. The molecule has 0 bridgehead atoms. The highest BCUT2D eigenvalue weighted by Crippen LogP contribution is 2.31. The van der Waals surface area contributed by atoms with Crippen LogP contribution in [0.3, 0.4) is 0 Å². The van der Waals surface area contributed by atoms with Crippen molar-refractivity contribution in [3.63, 3.8) is 0 Å². The Labute approximate surface area is 85.9 Å². The maximum atomic E-state index is 11.1. The van der Waals surface area contributed by atoms with Crippen molar-refractivity contribution >= 4 is 5.78 Å². The maximum absolute atomic E-state index is 11.1. The quantitative estimate of drug-likeness (QED) is 0.676. The average molecular weight is 199 g/mol. The molecule has 1 rings (SSSR count). The van der Waals surface area contributed by atoms with Crippen LogP contribution in [0.4, 0.5) is 0 Å². The second kappa shape index (κ2) is 4.41. The molecule has 0 aromatic carbocycles. The van der Waals surface area contributed by atoms with Gasteiger partial charge in [0.15, 0.2) is 0 Å². The molecular weight excluding hydrogens is 178 g/mol. The van der Waals surface area contributed by atoms with Gasteiger partial charge in [0, 0.05) is 18.4 Å². The van der Waals surface area contributed by atoms with Crippen LogP contribution in [0.5, 0.6) is 0 Å². The summed E-state index contributed by atoms with van der Waals surface area (Å²) in [6.07, 6.45) is 2.82. The number of aliphatic hydroxyl groups is 1. The van der Waals surface area contributed by atoms with Gasteiger partial charge in [0.25, 0.3) is 0 Å². The molecule has 0 saturated heterocycles. The number of carbonyl (C=O) groups is 1. The van der Waals surface area contributed by atoms with Crippen LogP contribution in [0.1, 0.15) is 46.5 Å². The van der Waals surface area contributed by atoms with Crippen LogP contribution >= 0.6 is 0 Å². The van der Waals surface area contributed by atoms with Crippen molar-refractivity contribution in [3.05, 3.63) is 0 Å². The van der Waals surface area contributed by atoms with Gasteiger partial charge in [-0.05, 0) is 39.5 Å². The lowest BCUT2D eigenvalue weighted by Gasteiger charge is -2.38. The first kappa shape index (κ1) is 11.7. The van der Waals surface area contributed by atoms with Crippen LogP contribution in [0.15, 0.2) is 0 Å². The average Bonchev–Trinajstić information content (AvgIpc) is 2.02. The van der Waals surface area contributed by atoms with Gasteiger partial charge in [0.2, 0.25) is 0 Å². The van der Waals surface area contributed by atoms with Gasteiger partial charge in [-0.2, -0.15) is 0 Å². The second-order valence-electron chi connectivity index (χ2n) is 4.85. The van der Waals surface area contributed by atoms with Crippen LogP contribution in [-0.2, 0) is 4.79 Å². The summed E-state index contributed by atoms with van der Waals surface area (Å²) in [5.74, 6) is 0.879. The van der Waals surface area contributed by atoms with Crippen LogP contribution in [-0.4, -0.2) is 22.7 Å². The zero-order valence-electron chi connectivity index (χ0n) is 9.34. The third-order valence-corrected chi connectivity index (χ3v) is 3.14. The number of ketones is 1. The highest BCUT2D eigenvalue weighted by molar-refractivity contribution is 5.79. The number of carbonyl (C=O) groups excluding carboxylic acids is 1. The summed E-state index contributed by atoms with van der Waals surface area (Å²) in [7, 11) is 0. The number of hydrogen-bond donors (Lipinski definition) is 2. The fourth-order valence-corrected chi connectivity index (χ4v) is 2.32. The summed E-state index contributed by atoms with van der Waals surface area (Å²) in [4.78, 5) is 11.1. The molecule has 0 aromatic rings. The Hall–Kier alpha value is -0.410. The summed E-state index contributed by atoms with van der Waals surface area (Å²) < 4.78 is 0. The third kappa shape index (κ3) is 3.07. The Balaban J connectivity index is 2.50. The predicted molar refractivity (Wildman–Crippen MR) is 55.9 cm³/mol. The first-order chi connectivity index (χ1) is 6.42. The lowest BCUT2D eigenvalue weighted by atomic mass is 9.76. The van der Waals surface area contributed by atoms with E-state index in [1.54, 1.807) is 6.92 Å². The Morgan fingerprint density at radius 1 is 1.43 bits per heavy atom. The van der Waals surface area contributed by atoms with E-state index in [0.717, 1.165) is 12.8 Å². The minimum atomic E-state index is -0.484. The molecule has 1 unspecified atom stereocenters. The molecule has 1 saturated carbocycles. The zero-order chi connectivity index (χ0) is 10.8. The van der Waals surface area contributed by atoms with Crippen molar-refractivity contribution in [2.45, 2.75) is 58.2 Å². The number of rotatable bonds is 3. The van der Waals surface area contributed by atoms with E-state index < -0.39 is 6.23 Å². The Kier molecular flexibility index (Phi) is 3.67. The largest absolute Gasteiger partial charge is 0.379 e. The van der Waals surface area contributed by atoms with E-state index >= 15 is 0 Å². The van der Waals surface area contributed by atoms with Crippen LogP contribution < -0.4 is 5.32 Å². The molecule has 0 aliphatic heterocycles. The molecule has 14 heavy (non-hydrogen) atoms. The Morgan fingerprint density at radius 3 is 2.36 bits per heavy atom.